The second-order valence-electron chi connectivity index (χ2n) is 4.53. The summed E-state index contributed by atoms with van der Waals surface area (Å²) in [7, 11) is 2.14. The SMILES string of the molecule is CN1CCC(Nc2cc(C#N)ccc2Cl)CC1. The van der Waals surface area contributed by atoms with Crippen LogP contribution in [0.2, 0.25) is 5.02 Å². The molecule has 0 bridgehead atoms. The highest BCUT2D eigenvalue weighted by molar-refractivity contribution is 6.33. The molecule has 4 heteroatoms. The van der Waals surface area contributed by atoms with Crippen LogP contribution in [0.1, 0.15) is 18.4 Å². The summed E-state index contributed by atoms with van der Waals surface area (Å²) in [6.45, 7) is 2.21. The number of likely N-dealkylation sites (tertiary alicyclic amines) is 1. The van der Waals surface area contributed by atoms with Crippen molar-refractivity contribution < 1.29 is 0 Å². The number of nitrogens with one attached hydrogen (secondary N) is 1. The zero-order chi connectivity index (χ0) is 12.3. The molecule has 17 heavy (non-hydrogen) atoms. The van der Waals surface area contributed by atoms with Gasteiger partial charge < -0.3 is 10.2 Å². The molecule has 0 saturated carbocycles. The van der Waals surface area contributed by atoms with E-state index in [1.807, 2.05) is 6.07 Å². The molecule has 0 atom stereocenters. The number of rotatable bonds is 2. The minimum Gasteiger partial charge on any atom is -0.381 e. The normalized spacial score (nSPS) is 17.7. The molecule has 0 spiro atoms. The molecule has 1 heterocycles. The van der Waals surface area contributed by atoms with Crippen LogP contribution in [0.4, 0.5) is 5.69 Å². The molecule has 0 radical (unpaired) electrons. The summed E-state index contributed by atoms with van der Waals surface area (Å²) >= 11 is 6.12. The van der Waals surface area contributed by atoms with Gasteiger partial charge >= 0.3 is 0 Å². The van der Waals surface area contributed by atoms with Crippen LogP contribution < -0.4 is 5.32 Å². The Kier molecular flexibility index (Phi) is 3.88. The number of anilines is 1. The number of benzene rings is 1. The first-order valence-electron chi connectivity index (χ1n) is 5.84. The average molecular weight is 250 g/mol. The van der Waals surface area contributed by atoms with Gasteiger partial charge in [0.15, 0.2) is 0 Å². The number of hydrogen-bond acceptors (Lipinski definition) is 3. The molecule has 1 aliphatic heterocycles. The third kappa shape index (κ3) is 3.12. The van der Waals surface area contributed by atoms with Crippen molar-refractivity contribution in [3.05, 3.63) is 28.8 Å². The topological polar surface area (TPSA) is 39.1 Å². The van der Waals surface area contributed by atoms with E-state index in [0.29, 0.717) is 16.6 Å². The fraction of sp³-hybridized carbons (Fsp3) is 0.462. The molecule has 1 aromatic rings. The van der Waals surface area contributed by atoms with Crippen molar-refractivity contribution in [1.82, 2.24) is 4.90 Å². The molecule has 1 aromatic carbocycles. The minimum absolute atomic E-state index is 0.456. The van der Waals surface area contributed by atoms with E-state index in [4.69, 9.17) is 16.9 Å². The zero-order valence-electron chi connectivity index (χ0n) is 9.91. The Balaban J connectivity index is 2.05. The van der Waals surface area contributed by atoms with Crippen LogP contribution in [0.5, 0.6) is 0 Å². The van der Waals surface area contributed by atoms with Gasteiger partial charge in [-0.05, 0) is 51.2 Å². The Hall–Kier alpha value is -1.24. The molecular weight excluding hydrogens is 234 g/mol. The van der Waals surface area contributed by atoms with Crippen LogP contribution in [0.25, 0.3) is 0 Å². The molecule has 0 amide bonds. The lowest BCUT2D eigenvalue weighted by Crippen LogP contribution is -2.36. The molecular formula is C13H16ClN3. The predicted molar refractivity (Wildman–Crippen MR) is 70.3 cm³/mol. The van der Waals surface area contributed by atoms with E-state index in [1.165, 1.54) is 0 Å². The smallest absolute Gasteiger partial charge is 0.0992 e. The van der Waals surface area contributed by atoms with Gasteiger partial charge in [-0.25, -0.2) is 0 Å². The second kappa shape index (κ2) is 5.39. The number of nitrogens with zero attached hydrogens (tertiary/aromatic N) is 2. The van der Waals surface area contributed by atoms with E-state index in [2.05, 4.69) is 23.3 Å². The lowest BCUT2D eigenvalue weighted by atomic mass is 10.0. The van der Waals surface area contributed by atoms with Gasteiger partial charge in [-0.3, -0.25) is 0 Å². The van der Waals surface area contributed by atoms with Gasteiger partial charge in [-0.2, -0.15) is 5.26 Å². The molecule has 1 saturated heterocycles. The molecule has 0 unspecified atom stereocenters. The van der Waals surface area contributed by atoms with Gasteiger partial charge in [0.25, 0.3) is 0 Å². The summed E-state index contributed by atoms with van der Waals surface area (Å²) in [6, 6.07) is 7.92. The van der Waals surface area contributed by atoms with Gasteiger partial charge in [0, 0.05) is 6.04 Å². The van der Waals surface area contributed by atoms with Crippen molar-refractivity contribution in [1.29, 1.82) is 5.26 Å². The molecule has 0 aromatic heterocycles. The molecule has 3 nitrogen and oxygen atoms in total. The van der Waals surface area contributed by atoms with Crippen molar-refractivity contribution >= 4 is 17.3 Å². The van der Waals surface area contributed by atoms with Gasteiger partial charge in [0.05, 0.1) is 22.3 Å². The molecule has 1 fully saturated rings. The van der Waals surface area contributed by atoms with Crippen molar-refractivity contribution in [3.8, 4) is 6.07 Å². The highest BCUT2D eigenvalue weighted by Gasteiger charge is 2.17. The first kappa shape index (κ1) is 12.2. The van der Waals surface area contributed by atoms with E-state index < -0.39 is 0 Å². The van der Waals surface area contributed by atoms with Crippen molar-refractivity contribution in [3.63, 3.8) is 0 Å². The standard InChI is InChI=1S/C13H16ClN3/c1-17-6-4-11(5-7-17)16-13-8-10(9-15)2-3-12(13)14/h2-3,8,11,16H,4-7H2,1H3. The van der Waals surface area contributed by atoms with E-state index in [1.54, 1.807) is 12.1 Å². The quantitative estimate of drug-likeness (QED) is 0.876. The molecule has 90 valence electrons. The first-order chi connectivity index (χ1) is 8.19. The summed E-state index contributed by atoms with van der Waals surface area (Å²) in [4.78, 5) is 2.32. The lowest BCUT2D eigenvalue weighted by molar-refractivity contribution is 0.264. The zero-order valence-corrected chi connectivity index (χ0v) is 10.7. The predicted octanol–water partition coefficient (Wildman–Crippen LogP) is 2.72. The average Bonchev–Trinajstić information content (AvgIpc) is 2.35. The van der Waals surface area contributed by atoms with Crippen LogP contribution in [-0.4, -0.2) is 31.1 Å². The molecule has 0 aliphatic carbocycles. The molecule has 1 N–H and O–H groups in total. The van der Waals surface area contributed by atoms with E-state index in [0.717, 1.165) is 31.6 Å². The number of halogens is 1. The number of hydrogen-bond donors (Lipinski definition) is 1. The van der Waals surface area contributed by atoms with Crippen LogP contribution >= 0.6 is 11.6 Å². The summed E-state index contributed by atoms with van der Waals surface area (Å²) in [5.41, 5.74) is 1.52. The largest absolute Gasteiger partial charge is 0.381 e. The highest BCUT2D eigenvalue weighted by Crippen LogP contribution is 2.25. The summed E-state index contributed by atoms with van der Waals surface area (Å²) < 4.78 is 0. The Morgan fingerprint density at radius 3 is 2.76 bits per heavy atom. The first-order valence-corrected chi connectivity index (χ1v) is 6.21. The Labute approximate surface area is 107 Å². The van der Waals surface area contributed by atoms with E-state index in [-0.39, 0.29) is 0 Å². The van der Waals surface area contributed by atoms with Crippen LogP contribution in [0.15, 0.2) is 18.2 Å². The Bertz CT molecular complexity index is 431. The monoisotopic (exact) mass is 249 g/mol. The van der Waals surface area contributed by atoms with Gasteiger partial charge in [-0.15, -0.1) is 0 Å². The minimum atomic E-state index is 0.456. The third-order valence-corrected chi connectivity index (χ3v) is 3.50. The van der Waals surface area contributed by atoms with Crippen LogP contribution in [-0.2, 0) is 0 Å². The summed E-state index contributed by atoms with van der Waals surface area (Å²) in [5, 5.41) is 13.0. The number of piperidine rings is 1. The van der Waals surface area contributed by atoms with Crippen molar-refractivity contribution in [2.45, 2.75) is 18.9 Å². The Morgan fingerprint density at radius 1 is 1.41 bits per heavy atom. The van der Waals surface area contributed by atoms with E-state index >= 15 is 0 Å². The lowest BCUT2D eigenvalue weighted by Gasteiger charge is -2.30. The molecule has 2 rings (SSSR count). The van der Waals surface area contributed by atoms with Crippen LogP contribution in [0, 0.1) is 11.3 Å². The van der Waals surface area contributed by atoms with Gasteiger partial charge in [0.1, 0.15) is 0 Å². The maximum absolute atomic E-state index is 8.87. The van der Waals surface area contributed by atoms with Crippen LogP contribution in [0.3, 0.4) is 0 Å². The fourth-order valence-electron chi connectivity index (χ4n) is 2.08. The highest BCUT2D eigenvalue weighted by atomic mass is 35.5. The van der Waals surface area contributed by atoms with Gasteiger partial charge in [0.2, 0.25) is 0 Å². The molecule has 1 aliphatic rings. The fourth-order valence-corrected chi connectivity index (χ4v) is 2.25. The summed E-state index contributed by atoms with van der Waals surface area (Å²) in [5.74, 6) is 0. The second-order valence-corrected chi connectivity index (χ2v) is 4.94. The van der Waals surface area contributed by atoms with E-state index in [9.17, 15) is 0 Å². The number of nitriles is 1. The third-order valence-electron chi connectivity index (χ3n) is 3.17. The van der Waals surface area contributed by atoms with Gasteiger partial charge in [-0.1, -0.05) is 11.6 Å². The maximum Gasteiger partial charge on any atom is 0.0992 e. The maximum atomic E-state index is 8.87. The van der Waals surface area contributed by atoms with Crippen molar-refractivity contribution in [2.75, 3.05) is 25.5 Å². The summed E-state index contributed by atoms with van der Waals surface area (Å²) in [6.07, 6.45) is 2.23. The van der Waals surface area contributed by atoms with Crippen molar-refractivity contribution in [2.24, 2.45) is 0 Å². The Morgan fingerprint density at radius 2 is 2.12 bits per heavy atom.